The average Bonchev–Trinajstić information content (AvgIpc) is 3.07. The molecule has 26 heavy (non-hydrogen) atoms. The van der Waals surface area contributed by atoms with Gasteiger partial charge >= 0.3 is 5.97 Å². The molecule has 0 unspecified atom stereocenters. The minimum atomic E-state index is -0.990. The van der Waals surface area contributed by atoms with Gasteiger partial charge in [-0.15, -0.1) is 0 Å². The largest absolute Gasteiger partial charge is 0.450 e. The van der Waals surface area contributed by atoms with Crippen LogP contribution in [-0.2, 0) is 11.3 Å². The van der Waals surface area contributed by atoms with Gasteiger partial charge in [-0.25, -0.2) is 9.78 Å². The Balaban J connectivity index is 1.81. The number of hydrogen-bond acceptors (Lipinski definition) is 6. The molecule has 1 aromatic carbocycles. The fraction of sp³-hybridized carbons (Fsp3) is 0.368. The van der Waals surface area contributed by atoms with Crippen molar-refractivity contribution in [2.75, 3.05) is 5.75 Å². The molecule has 1 aromatic heterocycles. The van der Waals surface area contributed by atoms with Crippen LogP contribution in [0.15, 0.2) is 28.3 Å². The van der Waals surface area contributed by atoms with E-state index < -0.39 is 17.6 Å². The Hall–Kier alpha value is -2.41. The smallest absolute Gasteiger partial charge is 0.346 e. The highest BCUT2D eigenvalue weighted by Gasteiger charge is 2.26. The first kappa shape index (κ1) is 18.4. The molecule has 2 aromatic rings. The minimum absolute atomic E-state index is 0.146. The molecular formula is C19H20N2O4S. The second-order valence-electron chi connectivity index (χ2n) is 6.42. The van der Waals surface area contributed by atoms with Gasteiger partial charge in [-0.3, -0.25) is 14.2 Å². The molecule has 0 aliphatic carbocycles. The number of fused-ring (bicyclic) bond motifs is 1. The Kier molecular flexibility index (Phi) is 5.00. The summed E-state index contributed by atoms with van der Waals surface area (Å²) in [5, 5.41) is 0.599. The van der Waals surface area contributed by atoms with Crippen LogP contribution in [0.3, 0.4) is 0 Å². The van der Waals surface area contributed by atoms with E-state index in [-0.39, 0.29) is 11.3 Å². The molecule has 1 aliphatic heterocycles. The number of rotatable bonds is 4. The number of aryl methyl sites for hydroxylation is 3. The number of hydrogen-bond donors (Lipinski definition) is 0. The zero-order chi connectivity index (χ0) is 19.0. The lowest BCUT2D eigenvalue weighted by Crippen LogP contribution is -2.31. The fourth-order valence-corrected chi connectivity index (χ4v) is 3.79. The summed E-state index contributed by atoms with van der Waals surface area (Å²) in [5.41, 5.74) is 2.88. The number of ether oxygens (including phenoxy) is 1. The quantitative estimate of drug-likeness (QED) is 0.466. The van der Waals surface area contributed by atoms with Gasteiger partial charge in [0, 0.05) is 17.9 Å². The Labute approximate surface area is 155 Å². The number of carbonyl (C=O) groups is 2. The third kappa shape index (κ3) is 3.31. The van der Waals surface area contributed by atoms with Crippen molar-refractivity contribution in [2.24, 2.45) is 0 Å². The Morgan fingerprint density at radius 1 is 1.15 bits per heavy atom. The number of ketones is 1. The molecule has 3 rings (SSSR count). The van der Waals surface area contributed by atoms with Gasteiger partial charge in [0.1, 0.15) is 5.56 Å². The van der Waals surface area contributed by atoms with Crippen molar-refractivity contribution < 1.29 is 14.3 Å². The van der Waals surface area contributed by atoms with Gasteiger partial charge in [-0.2, -0.15) is 0 Å². The number of benzene rings is 1. The van der Waals surface area contributed by atoms with Crippen molar-refractivity contribution >= 4 is 23.5 Å². The van der Waals surface area contributed by atoms with Crippen LogP contribution in [0, 0.1) is 20.8 Å². The highest BCUT2D eigenvalue weighted by atomic mass is 32.2. The van der Waals surface area contributed by atoms with Gasteiger partial charge < -0.3 is 4.74 Å². The number of aromatic nitrogens is 2. The fourth-order valence-electron chi connectivity index (χ4n) is 2.88. The van der Waals surface area contributed by atoms with Crippen molar-refractivity contribution in [3.63, 3.8) is 0 Å². The molecule has 0 N–H and O–H groups in total. The third-order valence-electron chi connectivity index (χ3n) is 4.54. The van der Waals surface area contributed by atoms with E-state index in [2.05, 4.69) is 4.98 Å². The average molecular weight is 372 g/mol. The van der Waals surface area contributed by atoms with Crippen molar-refractivity contribution in [3.8, 4) is 0 Å². The molecule has 7 heteroatoms. The maximum Gasteiger partial charge on any atom is 0.346 e. The van der Waals surface area contributed by atoms with Crippen molar-refractivity contribution in [3.05, 3.63) is 56.5 Å². The zero-order valence-electron chi connectivity index (χ0n) is 15.2. The third-order valence-corrected chi connectivity index (χ3v) is 5.51. The molecular weight excluding hydrogens is 352 g/mol. The highest BCUT2D eigenvalue weighted by molar-refractivity contribution is 7.99. The van der Waals surface area contributed by atoms with Gasteiger partial charge in [-0.05, 0) is 50.5 Å². The van der Waals surface area contributed by atoms with E-state index in [1.807, 2.05) is 26.8 Å². The molecule has 0 amide bonds. The number of carbonyl (C=O) groups excluding carboxylic acids is 2. The monoisotopic (exact) mass is 372 g/mol. The van der Waals surface area contributed by atoms with E-state index in [1.54, 1.807) is 6.07 Å². The van der Waals surface area contributed by atoms with Crippen molar-refractivity contribution in [1.29, 1.82) is 0 Å². The van der Waals surface area contributed by atoms with E-state index >= 15 is 0 Å². The van der Waals surface area contributed by atoms with E-state index in [4.69, 9.17) is 4.74 Å². The van der Waals surface area contributed by atoms with Crippen LogP contribution in [-0.4, -0.2) is 33.2 Å². The second-order valence-corrected chi connectivity index (χ2v) is 7.48. The molecule has 6 nitrogen and oxygen atoms in total. The first-order valence-corrected chi connectivity index (χ1v) is 9.34. The standard InChI is InChI=1S/C19H20N2O4S/c1-10-7-12(3)14(8-11(10)2)16(22)13(4)25-18(24)15-9-20-19-21(17(15)23)5-6-26-19/h7-9,13H,5-6H2,1-4H3/t13-/m0/s1. The van der Waals surface area contributed by atoms with Crippen LogP contribution in [0.25, 0.3) is 0 Å². The Morgan fingerprint density at radius 3 is 2.58 bits per heavy atom. The van der Waals surface area contributed by atoms with Crippen LogP contribution in [0.4, 0.5) is 0 Å². The van der Waals surface area contributed by atoms with Gasteiger partial charge in [0.2, 0.25) is 5.78 Å². The molecule has 0 radical (unpaired) electrons. The van der Waals surface area contributed by atoms with E-state index in [1.165, 1.54) is 29.4 Å². The predicted octanol–water partition coefficient (Wildman–Crippen LogP) is 2.70. The first-order chi connectivity index (χ1) is 12.3. The van der Waals surface area contributed by atoms with Crippen molar-refractivity contribution in [1.82, 2.24) is 9.55 Å². The van der Waals surface area contributed by atoms with Gasteiger partial charge in [0.25, 0.3) is 5.56 Å². The summed E-state index contributed by atoms with van der Waals surface area (Å²) in [4.78, 5) is 41.6. The van der Waals surface area contributed by atoms with E-state index in [0.29, 0.717) is 17.3 Å². The van der Waals surface area contributed by atoms with Gasteiger partial charge in [-0.1, -0.05) is 17.8 Å². The molecule has 136 valence electrons. The number of Topliss-reactive ketones (excluding diaryl/α,β-unsaturated/α-hetero) is 1. The maximum atomic E-state index is 12.7. The van der Waals surface area contributed by atoms with Gasteiger partial charge in [0.05, 0.1) is 6.20 Å². The summed E-state index contributed by atoms with van der Waals surface area (Å²) in [6.45, 7) is 7.79. The molecule has 0 fully saturated rings. The normalized spacial score (nSPS) is 14.0. The Bertz CT molecular complexity index is 965. The van der Waals surface area contributed by atoms with Crippen LogP contribution < -0.4 is 5.56 Å². The topological polar surface area (TPSA) is 78.3 Å². The van der Waals surface area contributed by atoms with Gasteiger partial charge in [0.15, 0.2) is 11.3 Å². The molecule has 1 atom stereocenters. The first-order valence-electron chi connectivity index (χ1n) is 8.35. The lowest BCUT2D eigenvalue weighted by molar-refractivity contribution is 0.0315. The summed E-state index contributed by atoms with van der Waals surface area (Å²) in [6.07, 6.45) is 0.239. The second kappa shape index (κ2) is 7.07. The number of nitrogens with zero attached hydrogens (tertiary/aromatic N) is 2. The zero-order valence-corrected chi connectivity index (χ0v) is 16.0. The summed E-state index contributed by atoms with van der Waals surface area (Å²) >= 11 is 1.47. The molecule has 0 saturated carbocycles. The van der Waals surface area contributed by atoms with Crippen LogP contribution in [0.5, 0.6) is 0 Å². The molecule has 1 aliphatic rings. The summed E-state index contributed by atoms with van der Waals surface area (Å²) in [7, 11) is 0. The molecule has 0 bridgehead atoms. The SMILES string of the molecule is Cc1cc(C)c(C(=O)[C@H](C)OC(=O)c2cnc3n(c2=O)CCS3)cc1C. The minimum Gasteiger partial charge on any atom is -0.450 e. The Morgan fingerprint density at radius 2 is 1.85 bits per heavy atom. The predicted molar refractivity (Wildman–Crippen MR) is 99.1 cm³/mol. The molecule has 2 heterocycles. The van der Waals surface area contributed by atoms with Crippen LogP contribution in [0.1, 0.15) is 44.3 Å². The number of esters is 1. The molecule has 0 spiro atoms. The number of thioether (sulfide) groups is 1. The summed E-state index contributed by atoms with van der Waals surface area (Å²) < 4.78 is 6.73. The lowest BCUT2D eigenvalue weighted by Gasteiger charge is -2.15. The lowest BCUT2D eigenvalue weighted by atomic mass is 9.96. The summed E-state index contributed by atoms with van der Waals surface area (Å²) in [5.74, 6) is -0.359. The summed E-state index contributed by atoms with van der Waals surface area (Å²) in [6, 6.07) is 3.74. The van der Waals surface area contributed by atoms with Crippen molar-refractivity contribution in [2.45, 2.75) is 45.5 Å². The highest BCUT2D eigenvalue weighted by Crippen LogP contribution is 2.21. The van der Waals surface area contributed by atoms with Crippen LogP contribution in [0.2, 0.25) is 0 Å². The maximum absolute atomic E-state index is 12.7. The van der Waals surface area contributed by atoms with E-state index in [9.17, 15) is 14.4 Å². The van der Waals surface area contributed by atoms with E-state index in [0.717, 1.165) is 22.4 Å². The molecule has 0 saturated heterocycles. The van der Waals surface area contributed by atoms with Crippen LogP contribution >= 0.6 is 11.8 Å².